The minimum Gasteiger partial charge on any atom is -0.369 e. The van der Waals surface area contributed by atoms with Crippen molar-refractivity contribution in [2.75, 3.05) is 57.3 Å². The molecule has 0 radical (unpaired) electrons. The van der Waals surface area contributed by atoms with E-state index in [0.717, 1.165) is 64.2 Å². The van der Waals surface area contributed by atoms with Crippen molar-refractivity contribution >= 4 is 23.2 Å². The number of benzene rings is 1. The van der Waals surface area contributed by atoms with Crippen LogP contribution in [-0.2, 0) is 9.59 Å². The number of hydrogen-bond acceptors (Lipinski definition) is 6. The predicted octanol–water partition coefficient (Wildman–Crippen LogP) is 0.940. The summed E-state index contributed by atoms with van der Waals surface area (Å²) in [5.41, 5.74) is 1.00. The highest BCUT2D eigenvalue weighted by atomic mass is 16.6. The highest BCUT2D eigenvalue weighted by Gasteiger charge is 2.41. The van der Waals surface area contributed by atoms with Crippen LogP contribution in [0.25, 0.3) is 0 Å². The molecule has 0 aliphatic carbocycles. The molecule has 9 heteroatoms. The van der Waals surface area contributed by atoms with E-state index in [9.17, 15) is 19.7 Å². The van der Waals surface area contributed by atoms with Gasteiger partial charge < -0.3 is 14.7 Å². The molecule has 3 aliphatic rings. The van der Waals surface area contributed by atoms with Crippen LogP contribution < -0.4 is 4.90 Å². The molecule has 1 aromatic carbocycles. The monoisotopic (exact) mass is 401 g/mol. The molecule has 0 saturated carbocycles. The molecule has 2 amide bonds. The van der Waals surface area contributed by atoms with E-state index >= 15 is 0 Å². The number of piperazine rings is 2. The molecule has 0 bridgehead atoms. The number of anilines is 1. The second kappa shape index (κ2) is 8.36. The number of non-ortho nitro benzene ring substituents is 1. The lowest BCUT2D eigenvalue weighted by Gasteiger charge is -2.38. The van der Waals surface area contributed by atoms with Crippen LogP contribution in [0.15, 0.2) is 24.3 Å². The van der Waals surface area contributed by atoms with Crippen LogP contribution in [0.5, 0.6) is 0 Å². The van der Waals surface area contributed by atoms with Gasteiger partial charge in [0.1, 0.15) is 6.04 Å². The van der Waals surface area contributed by atoms with Crippen molar-refractivity contribution in [3.8, 4) is 0 Å². The second-order valence-electron chi connectivity index (χ2n) is 7.96. The van der Waals surface area contributed by atoms with Gasteiger partial charge in [-0.2, -0.15) is 0 Å². The number of amides is 2. The summed E-state index contributed by atoms with van der Waals surface area (Å²) in [6.07, 6.45) is 2.56. The summed E-state index contributed by atoms with van der Waals surface area (Å²) in [6.45, 7) is 5.85. The lowest BCUT2D eigenvalue weighted by molar-refractivity contribution is -0.384. The number of nitro groups is 1. The highest BCUT2D eigenvalue weighted by Crippen LogP contribution is 2.24. The zero-order valence-corrected chi connectivity index (χ0v) is 16.5. The van der Waals surface area contributed by atoms with Crippen molar-refractivity contribution in [3.05, 3.63) is 34.4 Å². The van der Waals surface area contributed by atoms with Gasteiger partial charge in [0.2, 0.25) is 11.8 Å². The molecule has 9 nitrogen and oxygen atoms in total. The minimum absolute atomic E-state index is 0.0812. The van der Waals surface area contributed by atoms with Gasteiger partial charge >= 0.3 is 0 Å². The number of carbonyl (C=O) groups excluding carboxylic acids is 2. The minimum atomic E-state index is -0.364. The van der Waals surface area contributed by atoms with Crippen LogP contribution in [0.2, 0.25) is 0 Å². The van der Waals surface area contributed by atoms with Gasteiger partial charge in [-0.25, -0.2) is 0 Å². The molecule has 0 spiro atoms. The van der Waals surface area contributed by atoms with Crippen molar-refractivity contribution < 1.29 is 14.5 Å². The lowest BCUT2D eigenvalue weighted by atomic mass is 10.1. The molecule has 3 aliphatic heterocycles. The van der Waals surface area contributed by atoms with E-state index < -0.39 is 0 Å². The number of carbonyl (C=O) groups is 2. The second-order valence-corrected chi connectivity index (χ2v) is 7.96. The van der Waals surface area contributed by atoms with Crippen molar-refractivity contribution in [3.63, 3.8) is 0 Å². The summed E-state index contributed by atoms with van der Waals surface area (Å²) >= 11 is 0. The molecule has 1 aromatic rings. The Morgan fingerprint density at radius 2 is 1.86 bits per heavy atom. The molecule has 3 heterocycles. The summed E-state index contributed by atoms with van der Waals surface area (Å²) in [5.74, 6) is 0.190. The fourth-order valence-electron chi connectivity index (χ4n) is 4.57. The molecule has 0 N–H and O–H groups in total. The van der Waals surface area contributed by atoms with Crippen LogP contribution in [0.1, 0.15) is 19.3 Å². The smallest absolute Gasteiger partial charge is 0.271 e. The third kappa shape index (κ3) is 4.19. The number of nitro benzene ring substituents is 1. The first-order valence-corrected chi connectivity index (χ1v) is 10.3. The first-order valence-electron chi connectivity index (χ1n) is 10.3. The molecule has 3 saturated heterocycles. The first kappa shape index (κ1) is 19.6. The van der Waals surface area contributed by atoms with E-state index in [4.69, 9.17) is 0 Å². The quantitative estimate of drug-likeness (QED) is 0.521. The molecule has 3 fully saturated rings. The molecule has 1 unspecified atom stereocenters. The maximum absolute atomic E-state index is 12.6. The average molecular weight is 401 g/mol. The van der Waals surface area contributed by atoms with Crippen LogP contribution in [0.4, 0.5) is 11.4 Å². The van der Waals surface area contributed by atoms with E-state index in [1.54, 1.807) is 21.9 Å². The summed E-state index contributed by atoms with van der Waals surface area (Å²) < 4.78 is 0. The van der Waals surface area contributed by atoms with Crippen molar-refractivity contribution in [2.45, 2.75) is 25.3 Å². The zero-order chi connectivity index (χ0) is 20.4. The standard InChI is InChI=1S/C20H27N5O4/c26-19-15-23(20(27)18-6-2-9-24(18)19)8-3-7-21-10-12-22(13-11-21)16-4-1-5-17(14-16)25(28)29/h1,4-5,14,18H,2-3,6-13,15H2. The lowest BCUT2D eigenvalue weighted by Crippen LogP contribution is -2.57. The summed E-state index contributed by atoms with van der Waals surface area (Å²) in [5, 5.41) is 11.0. The largest absolute Gasteiger partial charge is 0.369 e. The molecule has 1 atom stereocenters. The van der Waals surface area contributed by atoms with Crippen molar-refractivity contribution in [2.24, 2.45) is 0 Å². The topological polar surface area (TPSA) is 90.2 Å². The van der Waals surface area contributed by atoms with Crippen LogP contribution in [0.3, 0.4) is 0 Å². The molecule has 29 heavy (non-hydrogen) atoms. The van der Waals surface area contributed by atoms with E-state index in [1.807, 2.05) is 6.07 Å². The Bertz CT molecular complexity index is 793. The number of fused-ring (bicyclic) bond motifs is 1. The van der Waals surface area contributed by atoms with Gasteiger partial charge in [-0.05, 0) is 31.9 Å². The summed E-state index contributed by atoms with van der Waals surface area (Å²) in [7, 11) is 0. The molecule has 4 rings (SSSR count). The van der Waals surface area contributed by atoms with E-state index in [0.29, 0.717) is 6.54 Å². The van der Waals surface area contributed by atoms with Gasteiger partial charge in [-0.15, -0.1) is 0 Å². The average Bonchev–Trinajstić information content (AvgIpc) is 3.23. The maximum atomic E-state index is 12.6. The normalized spacial score (nSPS) is 22.9. The van der Waals surface area contributed by atoms with Gasteiger partial charge in [0.15, 0.2) is 0 Å². The van der Waals surface area contributed by atoms with Crippen LogP contribution in [-0.4, -0.2) is 89.8 Å². The maximum Gasteiger partial charge on any atom is 0.271 e. The van der Waals surface area contributed by atoms with Gasteiger partial charge in [-0.3, -0.25) is 24.6 Å². The molecular formula is C20H27N5O4. The Kier molecular flexibility index (Phi) is 5.66. The SMILES string of the molecule is O=C1C2CCCN2C(=O)CN1CCCN1CCN(c2cccc([N+](=O)[O-])c2)CC1. The van der Waals surface area contributed by atoms with E-state index in [1.165, 1.54) is 6.07 Å². The number of hydrogen-bond donors (Lipinski definition) is 0. The Balaban J connectivity index is 1.22. The third-order valence-corrected chi connectivity index (χ3v) is 6.18. The Morgan fingerprint density at radius 1 is 1.07 bits per heavy atom. The molecule has 0 aromatic heterocycles. The molecule has 156 valence electrons. The first-order chi connectivity index (χ1) is 14.0. The Labute approximate surface area is 170 Å². The summed E-state index contributed by atoms with van der Waals surface area (Å²) in [4.78, 5) is 43.4. The fourth-order valence-corrected chi connectivity index (χ4v) is 4.57. The number of nitrogens with zero attached hydrogens (tertiary/aromatic N) is 5. The predicted molar refractivity (Wildman–Crippen MR) is 108 cm³/mol. The van der Waals surface area contributed by atoms with Gasteiger partial charge in [-0.1, -0.05) is 6.07 Å². The fraction of sp³-hybridized carbons (Fsp3) is 0.600. The number of rotatable bonds is 6. The van der Waals surface area contributed by atoms with Gasteiger partial charge in [0.05, 0.1) is 11.5 Å². The van der Waals surface area contributed by atoms with Gasteiger partial charge in [0.25, 0.3) is 5.69 Å². The highest BCUT2D eigenvalue weighted by molar-refractivity contribution is 5.95. The summed E-state index contributed by atoms with van der Waals surface area (Å²) in [6, 6.07) is 6.55. The van der Waals surface area contributed by atoms with Crippen LogP contribution >= 0.6 is 0 Å². The van der Waals surface area contributed by atoms with E-state index in [-0.39, 0.29) is 35.0 Å². The van der Waals surface area contributed by atoms with Crippen molar-refractivity contribution in [1.82, 2.24) is 14.7 Å². The zero-order valence-electron chi connectivity index (χ0n) is 16.5. The third-order valence-electron chi connectivity index (χ3n) is 6.18. The van der Waals surface area contributed by atoms with Gasteiger partial charge in [0, 0.05) is 57.1 Å². The van der Waals surface area contributed by atoms with Crippen LogP contribution in [0, 0.1) is 10.1 Å². The Morgan fingerprint density at radius 3 is 2.62 bits per heavy atom. The molecular weight excluding hydrogens is 374 g/mol. The van der Waals surface area contributed by atoms with E-state index in [2.05, 4.69) is 9.80 Å². The van der Waals surface area contributed by atoms with Crippen molar-refractivity contribution in [1.29, 1.82) is 0 Å². The Hall–Kier alpha value is -2.68.